The lowest BCUT2D eigenvalue weighted by Crippen LogP contribution is -2.36. The Balaban J connectivity index is 1.48. The normalized spacial score (nSPS) is 13.9. The molecule has 0 spiro atoms. The first kappa shape index (κ1) is 12.8. The fourth-order valence-electron chi connectivity index (χ4n) is 2.49. The van der Waals surface area contributed by atoms with Gasteiger partial charge in [-0.3, -0.25) is 4.79 Å². The van der Waals surface area contributed by atoms with Crippen LogP contribution in [-0.4, -0.2) is 28.9 Å². The molecular formula is C16H18N2O2. The van der Waals surface area contributed by atoms with Gasteiger partial charge in [-0.15, -0.1) is 0 Å². The van der Waals surface area contributed by atoms with Crippen molar-refractivity contribution in [1.82, 2.24) is 9.88 Å². The monoisotopic (exact) mass is 270 g/mol. The molecule has 4 nitrogen and oxygen atoms in total. The van der Waals surface area contributed by atoms with E-state index in [4.69, 9.17) is 4.74 Å². The summed E-state index contributed by atoms with van der Waals surface area (Å²) < 4.78 is 5.57. The second kappa shape index (κ2) is 5.82. The van der Waals surface area contributed by atoms with Gasteiger partial charge in [-0.1, -0.05) is 18.2 Å². The number of fused-ring (bicyclic) bond motifs is 1. The van der Waals surface area contributed by atoms with Crippen LogP contribution in [0.1, 0.15) is 17.7 Å². The number of carbonyl (C=O) groups excluding carboxylic acids is 1. The summed E-state index contributed by atoms with van der Waals surface area (Å²) >= 11 is 0. The largest absolute Gasteiger partial charge is 0.493 e. The minimum atomic E-state index is 0.160. The van der Waals surface area contributed by atoms with Gasteiger partial charge in [-0.2, -0.15) is 0 Å². The first-order chi connectivity index (χ1) is 9.83. The Labute approximate surface area is 118 Å². The fourth-order valence-corrected chi connectivity index (χ4v) is 2.49. The van der Waals surface area contributed by atoms with Crippen molar-refractivity contribution in [3.8, 4) is 5.75 Å². The molecule has 3 rings (SSSR count). The minimum absolute atomic E-state index is 0.160. The number of H-pyrrole nitrogens is 1. The van der Waals surface area contributed by atoms with E-state index in [1.54, 1.807) is 0 Å². The average Bonchev–Trinajstić information content (AvgIpc) is 2.95. The molecule has 0 unspecified atom stereocenters. The van der Waals surface area contributed by atoms with Crippen molar-refractivity contribution in [2.75, 3.05) is 13.2 Å². The van der Waals surface area contributed by atoms with Crippen molar-refractivity contribution in [2.24, 2.45) is 0 Å². The molecule has 1 aromatic heterocycles. The molecule has 0 fully saturated rings. The summed E-state index contributed by atoms with van der Waals surface area (Å²) in [5.74, 6) is 0.972. The number of nitrogens with one attached hydrogen (secondary N) is 1. The molecule has 2 aromatic rings. The number of para-hydroxylation sites is 1. The van der Waals surface area contributed by atoms with Gasteiger partial charge >= 0.3 is 0 Å². The standard InChI is InChI=1S/C16H18N2O2/c19-16(8-11-20-14-4-2-1-3-5-14)18-10-7-15-13(12-18)6-9-17-15/h1-6,9,17H,7-8,10-12H2. The third-order valence-corrected chi connectivity index (χ3v) is 3.60. The number of hydrogen-bond donors (Lipinski definition) is 1. The first-order valence-corrected chi connectivity index (χ1v) is 6.94. The van der Waals surface area contributed by atoms with Gasteiger partial charge in [-0.25, -0.2) is 0 Å². The lowest BCUT2D eigenvalue weighted by molar-refractivity contribution is -0.132. The van der Waals surface area contributed by atoms with Gasteiger partial charge in [0, 0.05) is 31.4 Å². The molecule has 0 radical (unpaired) electrons. The summed E-state index contributed by atoms with van der Waals surface area (Å²) in [6, 6.07) is 11.6. The molecule has 1 aliphatic rings. The van der Waals surface area contributed by atoms with Crippen LogP contribution in [-0.2, 0) is 17.8 Å². The molecule has 0 atom stereocenters. The van der Waals surface area contributed by atoms with Crippen LogP contribution in [0.15, 0.2) is 42.6 Å². The van der Waals surface area contributed by atoms with Crippen molar-refractivity contribution in [3.63, 3.8) is 0 Å². The van der Waals surface area contributed by atoms with Crippen LogP contribution in [0.4, 0.5) is 0 Å². The minimum Gasteiger partial charge on any atom is -0.493 e. The Bertz CT molecular complexity index is 577. The Morgan fingerprint density at radius 2 is 2.10 bits per heavy atom. The highest BCUT2D eigenvalue weighted by atomic mass is 16.5. The van der Waals surface area contributed by atoms with Gasteiger partial charge in [-0.05, 0) is 23.8 Å². The Hall–Kier alpha value is -2.23. The molecule has 20 heavy (non-hydrogen) atoms. The molecule has 4 heteroatoms. The van der Waals surface area contributed by atoms with Crippen LogP contribution in [0.5, 0.6) is 5.75 Å². The van der Waals surface area contributed by atoms with E-state index in [1.165, 1.54) is 11.3 Å². The number of rotatable bonds is 4. The topological polar surface area (TPSA) is 45.3 Å². The summed E-state index contributed by atoms with van der Waals surface area (Å²) in [4.78, 5) is 17.3. The molecule has 1 aromatic carbocycles. The summed E-state index contributed by atoms with van der Waals surface area (Å²) in [5, 5.41) is 0. The second-order valence-corrected chi connectivity index (χ2v) is 4.96. The maximum absolute atomic E-state index is 12.2. The van der Waals surface area contributed by atoms with Crippen molar-refractivity contribution in [1.29, 1.82) is 0 Å². The van der Waals surface area contributed by atoms with Gasteiger partial charge in [0.15, 0.2) is 0 Å². The molecule has 0 aliphatic carbocycles. The zero-order valence-corrected chi connectivity index (χ0v) is 11.3. The summed E-state index contributed by atoms with van der Waals surface area (Å²) in [5.41, 5.74) is 2.49. The third-order valence-electron chi connectivity index (χ3n) is 3.60. The average molecular weight is 270 g/mol. The van der Waals surface area contributed by atoms with Gasteiger partial charge < -0.3 is 14.6 Å². The lowest BCUT2D eigenvalue weighted by atomic mass is 10.1. The van der Waals surface area contributed by atoms with Crippen LogP contribution in [0, 0.1) is 0 Å². The Morgan fingerprint density at radius 3 is 2.95 bits per heavy atom. The summed E-state index contributed by atoms with van der Waals surface area (Å²) in [6.07, 6.45) is 3.28. The highest BCUT2D eigenvalue weighted by Crippen LogP contribution is 2.18. The summed E-state index contributed by atoms with van der Waals surface area (Å²) in [6.45, 7) is 1.93. The Kier molecular flexibility index (Phi) is 3.72. The van der Waals surface area contributed by atoms with E-state index in [0.717, 1.165) is 18.7 Å². The molecule has 0 saturated carbocycles. The second-order valence-electron chi connectivity index (χ2n) is 4.96. The van der Waals surface area contributed by atoms with Crippen molar-refractivity contribution >= 4 is 5.91 Å². The van der Waals surface area contributed by atoms with Crippen LogP contribution < -0.4 is 4.74 Å². The van der Waals surface area contributed by atoms with Crippen LogP contribution in [0.3, 0.4) is 0 Å². The molecule has 0 bridgehead atoms. The SMILES string of the molecule is O=C(CCOc1ccccc1)N1CCc2[nH]ccc2C1. The van der Waals surface area contributed by atoms with E-state index in [1.807, 2.05) is 41.4 Å². The van der Waals surface area contributed by atoms with Gasteiger partial charge in [0.1, 0.15) is 5.75 Å². The van der Waals surface area contributed by atoms with Crippen molar-refractivity contribution in [3.05, 3.63) is 53.9 Å². The van der Waals surface area contributed by atoms with E-state index in [0.29, 0.717) is 19.6 Å². The van der Waals surface area contributed by atoms with Gasteiger partial charge in [0.25, 0.3) is 0 Å². The van der Waals surface area contributed by atoms with Gasteiger partial charge in [0.05, 0.1) is 13.0 Å². The predicted molar refractivity (Wildman–Crippen MR) is 76.5 cm³/mol. The number of benzene rings is 1. The number of carbonyl (C=O) groups is 1. The molecule has 104 valence electrons. The van der Waals surface area contributed by atoms with E-state index in [-0.39, 0.29) is 5.91 Å². The molecule has 1 N–H and O–H groups in total. The fraction of sp³-hybridized carbons (Fsp3) is 0.312. The van der Waals surface area contributed by atoms with Crippen LogP contribution in [0.25, 0.3) is 0 Å². The smallest absolute Gasteiger partial charge is 0.226 e. The van der Waals surface area contributed by atoms with Crippen molar-refractivity contribution < 1.29 is 9.53 Å². The number of aromatic nitrogens is 1. The van der Waals surface area contributed by atoms with E-state index in [9.17, 15) is 4.79 Å². The quantitative estimate of drug-likeness (QED) is 0.927. The number of hydrogen-bond acceptors (Lipinski definition) is 2. The molecule has 1 amide bonds. The maximum atomic E-state index is 12.2. The zero-order valence-electron chi connectivity index (χ0n) is 11.3. The number of amides is 1. The predicted octanol–water partition coefficient (Wildman–Crippen LogP) is 2.37. The van der Waals surface area contributed by atoms with E-state index < -0.39 is 0 Å². The zero-order chi connectivity index (χ0) is 13.8. The number of nitrogens with zero attached hydrogens (tertiary/aromatic N) is 1. The molecule has 1 aliphatic heterocycles. The lowest BCUT2D eigenvalue weighted by Gasteiger charge is -2.27. The summed E-state index contributed by atoms with van der Waals surface area (Å²) in [7, 11) is 0. The number of ether oxygens (including phenoxy) is 1. The molecule has 0 saturated heterocycles. The highest BCUT2D eigenvalue weighted by Gasteiger charge is 2.20. The van der Waals surface area contributed by atoms with Crippen LogP contribution in [0.2, 0.25) is 0 Å². The molecular weight excluding hydrogens is 252 g/mol. The third kappa shape index (κ3) is 2.85. The molecule has 2 heterocycles. The Morgan fingerprint density at radius 1 is 1.25 bits per heavy atom. The first-order valence-electron chi connectivity index (χ1n) is 6.94. The van der Waals surface area contributed by atoms with Gasteiger partial charge in [0.2, 0.25) is 5.91 Å². The van der Waals surface area contributed by atoms with E-state index in [2.05, 4.69) is 11.1 Å². The van der Waals surface area contributed by atoms with E-state index >= 15 is 0 Å². The number of aromatic amines is 1. The van der Waals surface area contributed by atoms with Crippen molar-refractivity contribution in [2.45, 2.75) is 19.4 Å². The maximum Gasteiger partial charge on any atom is 0.226 e. The highest BCUT2D eigenvalue weighted by molar-refractivity contribution is 5.76. The van der Waals surface area contributed by atoms with Crippen LogP contribution >= 0.6 is 0 Å².